The molecule has 0 aliphatic carbocycles. The van der Waals surface area contributed by atoms with Gasteiger partial charge in [-0.15, -0.1) is 0 Å². The molecule has 0 aliphatic heterocycles. The van der Waals surface area contributed by atoms with Crippen LogP contribution in [-0.4, -0.2) is 43.4 Å². The first-order chi connectivity index (χ1) is 15.2. The summed E-state index contributed by atoms with van der Waals surface area (Å²) in [4.78, 5) is 24.5. The van der Waals surface area contributed by atoms with Gasteiger partial charge in [0.2, 0.25) is 0 Å². The van der Waals surface area contributed by atoms with Gasteiger partial charge in [-0.3, -0.25) is 14.1 Å². The molecule has 1 N–H and O–H groups in total. The number of rotatable bonds is 20. The summed E-state index contributed by atoms with van der Waals surface area (Å²) < 4.78 is 43.3. The minimum Gasteiger partial charge on any atom is -0.465 e. The van der Waals surface area contributed by atoms with Gasteiger partial charge in [0.15, 0.2) is 5.25 Å². The van der Waals surface area contributed by atoms with Gasteiger partial charge in [-0.25, -0.2) is 0 Å². The van der Waals surface area contributed by atoms with Crippen molar-refractivity contribution in [2.75, 3.05) is 13.2 Å². The van der Waals surface area contributed by atoms with Gasteiger partial charge >= 0.3 is 11.9 Å². The first kappa shape index (κ1) is 30.9. The summed E-state index contributed by atoms with van der Waals surface area (Å²) in [6.07, 6.45) is 11.7. The minimum atomic E-state index is -4.78. The van der Waals surface area contributed by atoms with Crippen molar-refractivity contribution in [3.05, 3.63) is 0 Å². The SMILES string of the molecule is CCCCCCC(CC)COC(=O)CC(C(=O)OCC(CC)CCCCCC)S(=O)(=O)O. The van der Waals surface area contributed by atoms with Crippen molar-refractivity contribution in [2.24, 2.45) is 11.8 Å². The number of hydrogen-bond acceptors (Lipinski definition) is 6. The van der Waals surface area contributed by atoms with Gasteiger partial charge in [0.25, 0.3) is 10.1 Å². The normalized spacial score (nSPS) is 14.5. The molecule has 0 fully saturated rings. The van der Waals surface area contributed by atoms with E-state index in [9.17, 15) is 22.6 Å². The summed E-state index contributed by atoms with van der Waals surface area (Å²) in [6.45, 7) is 8.55. The lowest BCUT2D eigenvalue weighted by molar-refractivity contribution is -0.151. The zero-order valence-corrected chi connectivity index (χ0v) is 21.5. The first-order valence-electron chi connectivity index (χ1n) is 12.5. The van der Waals surface area contributed by atoms with E-state index in [1.54, 1.807) is 0 Å². The summed E-state index contributed by atoms with van der Waals surface area (Å²) >= 11 is 0. The first-order valence-corrected chi connectivity index (χ1v) is 14.0. The van der Waals surface area contributed by atoms with Crippen LogP contribution >= 0.6 is 0 Å². The summed E-state index contributed by atoms with van der Waals surface area (Å²) in [5.41, 5.74) is 0. The molecule has 0 radical (unpaired) electrons. The molecule has 3 atom stereocenters. The van der Waals surface area contributed by atoms with Crippen molar-refractivity contribution in [3.8, 4) is 0 Å². The van der Waals surface area contributed by atoms with E-state index in [0.717, 1.165) is 70.6 Å². The highest BCUT2D eigenvalue weighted by molar-refractivity contribution is 7.87. The molecule has 7 nitrogen and oxygen atoms in total. The summed E-state index contributed by atoms with van der Waals surface area (Å²) in [5, 5.41) is -1.95. The fraction of sp³-hybridized carbons (Fsp3) is 0.917. The third kappa shape index (κ3) is 14.8. The van der Waals surface area contributed by atoms with E-state index in [0.29, 0.717) is 0 Å². The van der Waals surface area contributed by atoms with Crippen LogP contribution in [0.15, 0.2) is 0 Å². The molecule has 0 bridgehead atoms. The van der Waals surface area contributed by atoms with Crippen molar-refractivity contribution >= 4 is 22.1 Å². The predicted molar refractivity (Wildman–Crippen MR) is 127 cm³/mol. The molecule has 0 saturated carbocycles. The van der Waals surface area contributed by atoms with Crippen molar-refractivity contribution in [1.82, 2.24) is 0 Å². The summed E-state index contributed by atoms with van der Waals surface area (Å²) in [5.74, 6) is -1.58. The molecule has 0 aromatic rings. The second-order valence-electron chi connectivity index (χ2n) is 8.77. The highest BCUT2D eigenvalue weighted by Crippen LogP contribution is 2.18. The number of esters is 2. The van der Waals surface area contributed by atoms with Gasteiger partial charge in [0.1, 0.15) is 0 Å². The molecule has 0 aromatic heterocycles. The number of carbonyl (C=O) groups excluding carboxylic acids is 2. The zero-order chi connectivity index (χ0) is 24.4. The van der Waals surface area contributed by atoms with Crippen LogP contribution in [0.5, 0.6) is 0 Å². The van der Waals surface area contributed by atoms with Crippen molar-refractivity contribution in [1.29, 1.82) is 0 Å². The standard InChI is InChI=1S/C24H46O7S/c1-5-9-11-13-15-20(7-3)18-30-23(25)17-22(32(27,28)29)24(26)31-19-21(8-4)16-14-12-10-6-2/h20-22H,5-19H2,1-4H3,(H,27,28,29). The fourth-order valence-corrected chi connectivity index (χ4v) is 4.21. The molecule has 0 rings (SSSR count). The Morgan fingerprint density at radius 3 is 1.62 bits per heavy atom. The van der Waals surface area contributed by atoms with Gasteiger partial charge in [0.05, 0.1) is 19.6 Å². The van der Waals surface area contributed by atoms with Crippen molar-refractivity contribution in [2.45, 2.75) is 116 Å². The lowest BCUT2D eigenvalue weighted by Gasteiger charge is -2.18. The maximum Gasteiger partial charge on any atom is 0.327 e. The van der Waals surface area contributed by atoms with E-state index in [-0.39, 0.29) is 25.0 Å². The van der Waals surface area contributed by atoms with Gasteiger partial charge in [0, 0.05) is 0 Å². The molecule has 8 heteroatoms. The topological polar surface area (TPSA) is 107 Å². The third-order valence-corrected chi connectivity index (χ3v) is 7.08. The molecule has 0 spiro atoms. The second kappa shape index (κ2) is 18.3. The van der Waals surface area contributed by atoms with Crippen LogP contribution in [0.25, 0.3) is 0 Å². The monoisotopic (exact) mass is 478 g/mol. The lowest BCUT2D eigenvalue weighted by atomic mass is 9.99. The average Bonchev–Trinajstić information content (AvgIpc) is 2.75. The maximum atomic E-state index is 12.4. The number of carbonyl (C=O) groups is 2. The van der Waals surface area contributed by atoms with E-state index >= 15 is 0 Å². The zero-order valence-electron chi connectivity index (χ0n) is 20.6. The van der Waals surface area contributed by atoms with Gasteiger partial charge in [-0.1, -0.05) is 91.9 Å². The lowest BCUT2D eigenvalue weighted by Crippen LogP contribution is -2.35. The molecule has 0 aliphatic rings. The Morgan fingerprint density at radius 1 is 0.750 bits per heavy atom. The molecule has 0 heterocycles. The van der Waals surface area contributed by atoms with E-state index in [2.05, 4.69) is 13.8 Å². The van der Waals surface area contributed by atoms with E-state index in [1.807, 2.05) is 13.8 Å². The molecule has 3 unspecified atom stereocenters. The van der Waals surface area contributed by atoms with Crippen molar-refractivity contribution in [3.63, 3.8) is 0 Å². The Kier molecular flexibility index (Phi) is 17.6. The molecule has 0 amide bonds. The summed E-state index contributed by atoms with van der Waals surface area (Å²) in [7, 11) is -4.78. The van der Waals surface area contributed by atoms with Crippen LogP contribution in [0.2, 0.25) is 0 Å². The Morgan fingerprint density at radius 2 is 1.22 bits per heavy atom. The number of unbranched alkanes of at least 4 members (excludes halogenated alkanes) is 6. The number of ether oxygens (including phenoxy) is 2. The summed E-state index contributed by atoms with van der Waals surface area (Å²) in [6, 6.07) is 0. The van der Waals surface area contributed by atoms with Gasteiger partial charge < -0.3 is 9.47 Å². The molecular formula is C24H46O7S. The fourth-order valence-electron chi connectivity index (χ4n) is 3.55. The Hall–Kier alpha value is -1.15. The van der Waals surface area contributed by atoms with Crippen LogP contribution < -0.4 is 0 Å². The highest BCUT2D eigenvalue weighted by Gasteiger charge is 2.36. The maximum absolute atomic E-state index is 12.4. The van der Waals surface area contributed by atoms with E-state index < -0.39 is 33.7 Å². The minimum absolute atomic E-state index is 0.0815. The average molecular weight is 479 g/mol. The molecular weight excluding hydrogens is 432 g/mol. The largest absolute Gasteiger partial charge is 0.465 e. The smallest absolute Gasteiger partial charge is 0.327 e. The highest BCUT2D eigenvalue weighted by atomic mass is 32.2. The quantitative estimate of drug-likeness (QED) is 0.136. The molecule has 0 saturated heterocycles. The van der Waals surface area contributed by atoms with Crippen LogP contribution in [0.4, 0.5) is 0 Å². The van der Waals surface area contributed by atoms with Crippen LogP contribution in [0.3, 0.4) is 0 Å². The van der Waals surface area contributed by atoms with Crippen LogP contribution in [-0.2, 0) is 29.2 Å². The second-order valence-corrected chi connectivity index (χ2v) is 10.4. The van der Waals surface area contributed by atoms with Gasteiger partial charge in [-0.2, -0.15) is 8.42 Å². The Labute approximate surface area is 195 Å². The van der Waals surface area contributed by atoms with Crippen LogP contribution in [0.1, 0.15) is 111 Å². The third-order valence-electron chi connectivity index (χ3n) is 6.00. The molecule has 0 aromatic carbocycles. The molecule has 190 valence electrons. The predicted octanol–water partition coefficient (Wildman–Crippen LogP) is 5.71. The van der Waals surface area contributed by atoms with Gasteiger partial charge in [-0.05, 0) is 24.7 Å². The van der Waals surface area contributed by atoms with E-state index in [1.165, 1.54) is 6.42 Å². The van der Waals surface area contributed by atoms with Crippen molar-refractivity contribution < 1.29 is 32.0 Å². The van der Waals surface area contributed by atoms with E-state index in [4.69, 9.17) is 9.47 Å². The van der Waals surface area contributed by atoms with Crippen LogP contribution in [0, 0.1) is 11.8 Å². The Balaban J connectivity index is 4.64. The number of hydrogen-bond donors (Lipinski definition) is 1. The molecule has 32 heavy (non-hydrogen) atoms. The Bertz CT molecular complexity index is 603.